The van der Waals surface area contributed by atoms with E-state index in [1.165, 1.54) is 0 Å². The van der Waals surface area contributed by atoms with E-state index in [9.17, 15) is 9.59 Å². The second kappa shape index (κ2) is 7.64. The van der Waals surface area contributed by atoms with E-state index in [1.807, 2.05) is 41.3 Å². The molecule has 2 aromatic carbocycles. The first-order valence-corrected chi connectivity index (χ1v) is 9.24. The zero-order chi connectivity index (χ0) is 17.8. The molecule has 130 valence electrons. The number of nitrogens with zero attached hydrogens (tertiary/aromatic N) is 1. The van der Waals surface area contributed by atoms with Gasteiger partial charge < -0.3 is 4.90 Å². The maximum absolute atomic E-state index is 13.0. The molecule has 1 amide bonds. The van der Waals surface area contributed by atoms with Crippen LogP contribution in [0.3, 0.4) is 0 Å². The van der Waals surface area contributed by atoms with Gasteiger partial charge in [0.25, 0.3) is 5.91 Å². The fourth-order valence-electron chi connectivity index (χ4n) is 3.36. The number of carbonyl (C=O) groups is 2. The highest BCUT2D eigenvalue weighted by atomic mass is 16.2. The summed E-state index contributed by atoms with van der Waals surface area (Å²) < 4.78 is 0. The predicted octanol–water partition coefficient (Wildman–Crippen LogP) is 4.94. The average Bonchev–Trinajstić information content (AvgIpc) is 2.94. The minimum Gasteiger partial charge on any atom is -0.339 e. The summed E-state index contributed by atoms with van der Waals surface area (Å²) in [6.07, 6.45) is 4.14. The SMILES string of the molecule is CCCCN(CCCC)C(=O)c1ccc2c(c1)C(=O)c1ccccc1-2. The molecular formula is C22H25NO2. The smallest absolute Gasteiger partial charge is 0.253 e. The summed E-state index contributed by atoms with van der Waals surface area (Å²) in [6.45, 7) is 5.82. The van der Waals surface area contributed by atoms with E-state index in [0.29, 0.717) is 11.1 Å². The summed E-state index contributed by atoms with van der Waals surface area (Å²) >= 11 is 0. The van der Waals surface area contributed by atoms with E-state index < -0.39 is 0 Å². The fourth-order valence-corrected chi connectivity index (χ4v) is 3.36. The third-order valence-electron chi connectivity index (χ3n) is 4.82. The number of carbonyl (C=O) groups excluding carboxylic acids is 2. The predicted molar refractivity (Wildman–Crippen MR) is 101 cm³/mol. The van der Waals surface area contributed by atoms with Crippen molar-refractivity contribution in [1.29, 1.82) is 0 Å². The number of benzene rings is 2. The normalized spacial score (nSPS) is 12.0. The zero-order valence-electron chi connectivity index (χ0n) is 15.0. The number of hydrogen-bond acceptors (Lipinski definition) is 2. The van der Waals surface area contributed by atoms with Gasteiger partial charge in [0.05, 0.1) is 0 Å². The Morgan fingerprint density at radius 1 is 0.840 bits per heavy atom. The molecule has 0 spiro atoms. The Hall–Kier alpha value is -2.42. The van der Waals surface area contributed by atoms with Crippen molar-refractivity contribution in [3.63, 3.8) is 0 Å². The van der Waals surface area contributed by atoms with Crippen molar-refractivity contribution in [3.05, 3.63) is 59.2 Å². The molecule has 0 N–H and O–H groups in total. The van der Waals surface area contributed by atoms with Crippen LogP contribution in [0.5, 0.6) is 0 Å². The Bertz CT molecular complexity index is 786. The fraction of sp³-hybridized carbons (Fsp3) is 0.364. The first-order chi connectivity index (χ1) is 12.2. The Labute approximate surface area is 149 Å². The lowest BCUT2D eigenvalue weighted by molar-refractivity contribution is 0.0751. The van der Waals surface area contributed by atoms with E-state index >= 15 is 0 Å². The minimum absolute atomic E-state index is 0.0221. The van der Waals surface area contributed by atoms with E-state index in [1.54, 1.807) is 6.07 Å². The van der Waals surface area contributed by atoms with Crippen molar-refractivity contribution in [2.45, 2.75) is 39.5 Å². The number of rotatable bonds is 7. The lowest BCUT2D eigenvalue weighted by atomic mass is 10.0. The molecule has 0 atom stereocenters. The highest BCUT2D eigenvalue weighted by molar-refractivity contribution is 6.22. The highest BCUT2D eigenvalue weighted by Crippen LogP contribution is 2.36. The summed E-state index contributed by atoms with van der Waals surface area (Å²) in [5.41, 5.74) is 3.90. The van der Waals surface area contributed by atoms with Crippen LogP contribution in [-0.2, 0) is 0 Å². The van der Waals surface area contributed by atoms with Crippen LogP contribution in [0.4, 0.5) is 0 Å². The van der Waals surface area contributed by atoms with Crippen molar-refractivity contribution in [2.75, 3.05) is 13.1 Å². The minimum atomic E-state index is 0.0221. The highest BCUT2D eigenvalue weighted by Gasteiger charge is 2.27. The van der Waals surface area contributed by atoms with E-state index in [0.717, 1.165) is 55.5 Å². The molecule has 0 saturated carbocycles. The van der Waals surface area contributed by atoms with Crippen molar-refractivity contribution in [2.24, 2.45) is 0 Å². The van der Waals surface area contributed by atoms with Crippen LogP contribution >= 0.6 is 0 Å². The standard InChI is InChI=1S/C22H25NO2/c1-3-5-13-23(14-6-4-2)22(25)16-11-12-18-17-9-7-8-10-19(17)21(24)20(18)15-16/h7-12,15H,3-6,13-14H2,1-2H3. The third kappa shape index (κ3) is 3.37. The molecular weight excluding hydrogens is 310 g/mol. The first-order valence-electron chi connectivity index (χ1n) is 9.24. The van der Waals surface area contributed by atoms with Gasteiger partial charge in [-0.15, -0.1) is 0 Å². The van der Waals surface area contributed by atoms with Gasteiger partial charge in [-0.05, 0) is 36.1 Å². The molecule has 1 aliphatic carbocycles. The molecule has 0 bridgehead atoms. The van der Waals surface area contributed by atoms with Crippen LogP contribution in [0, 0.1) is 0 Å². The Kier molecular flexibility index (Phi) is 5.32. The van der Waals surface area contributed by atoms with Crippen molar-refractivity contribution < 1.29 is 9.59 Å². The Morgan fingerprint density at radius 2 is 1.44 bits per heavy atom. The molecule has 0 aliphatic heterocycles. The summed E-state index contributed by atoms with van der Waals surface area (Å²) in [4.78, 5) is 27.5. The summed E-state index contributed by atoms with van der Waals surface area (Å²) in [5.74, 6) is 0.0578. The summed E-state index contributed by atoms with van der Waals surface area (Å²) in [5, 5.41) is 0. The van der Waals surface area contributed by atoms with Gasteiger partial charge in [0.2, 0.25) is 0 Å². The zero-order valence-corrected chi connectivity index (χ0v) is 15.0. The third-order valence-corrected chi connectivity index (χ3v) is 4.82. The van der Waals surface area contributed by atoms with Crippen molar-refractivity contribution in [1.82, 2.24) is 4.90 Å². The Morgan fingerprint density at radius 3 is 2.08 bits per heavy atom. The van der Waals surface area contributed by atoms with E-state index in [4.69, 9.17) is 0 Å². The van der Waals surface area contributed by atoms with Crippen molar-refractivity contribution >= 4 is 11.7 Å². The summed E-state index contributed by atoms with van der Waals surface area (Å²) in [7, 11) is 0. The number of fused-ring (bicyclic) bond motifs is 3. The second-order valence-electron chi connectivity index (χ2n) is 6.63. The Balaban J connectivity index is 1.89. The van der Waals surface area contributed by atoms with Gasteiger partial charge in [-0.1, -0.05) is 57.0 Å². The van der Waals surface area contributed by atoms with Gasteiger partial charge in [-0.3, -0.25) is 9.59 Å². The van der Waals surface area contributed by atoms with Crippen LogP contribution in [0.1, 0.15) is 65.8 Å². The van der Waals surface area contributed by atoms with Gasteiger partial charge in [0.15, 0.2) is 5.78 Å². The quantitative estimate of drug-likeness (QED) is 0.613. The van der Waals surface area contributed by atoms with Crippen LogP contribution in [0.2, 0.25) is 0 Å². The van der Waals surface area contributed by atoms with Gasteiger partial charge in [-0.25, -0.2) is 0 Å². The van der Waals surface area contributed by atoms with Gasteiger partial charge in [-0.2, -0.15) is 0 Å². The van der Waals surface area contributed by atoms with Crippen LogP contribution in [0.25, 0.3) is 11.1 Å². The number of hydrogen-bond donors (Lipinski definition) is 0. The molecule has 0 radical (unpaired) electrons. The molecule has 2 aromatic rings. The number of ketones is 1. The molecule has 3 nitrogen and oxygen atoms in total. The van der Waals surface area contributed by atoms with Gasteiger partial charge in [0, 0.05) is 29.8 Å². The molecule has 0 saturated heterocycles. The molecule has 3 heteroatoms. The first kappa shape index (κ1) is 17.4. The average molecular weight is 335 g/mol. The number of unbranched alkanes of at least 4 members (excludes halogenated alkanes) is 2. The maximum atomic E-state index is 13.0. The monoisotopic (exact) mass is 335 g/mol. The lowest BCUT2D eigenvalue weighted by Crippen LogP contribution is -2.33. The maximum Gasteiger partial charge on any atom is 0.253 e. The van der Waals surface area contributed by atoms with Crippen molar-refractivity contribution in [3.8, 4) is 11.1 Å². The summed E-state index contributed by atoms with van der Waals surface area (Å²) in [6, 6.07) is 13.2. The van der Waals surface area contributed by atoms with E-state index in [-0.39, 0.29) is 11.7 Å². The second-order valence-corrected chi connectivity index (χ2v) is 6.63. The van der Waals surface area contributed by atoms with Crippen LogP contribution < -0.4 is 0 Å². The topological polar surface area (TPSA) is 37.4 Å². The lowest BCUT2D eigenvalue weighted by Gasteiger charge is -2.22. The van der Waals surface area contributed by atoms with Crippen LogP contribution in [0.15, 0.2) is 42.5 Å². The van der Waals surface area contributed by atoms with Gasteiger partial charge in [0.1, 0.15) is 0 Å². The molecule has 25 heavy (non-hydrogen) atoms. The molecule has 1 aliphatic rings. The largest absolute Gasteiger partial charge is 0.339 e. The molecule has 0 unspecified atom stereocenters. The molecule has 0 fully saturated rings. The van der Waals surface area contributed by atoms with Gasteiger partial charge >= 0.3 is 0 Å². The molecule has 0 heterocycles. The molecule has 3 rings (SSSR count). The van der Waals surface area contributed by atoms with Crippen LogP contribution in [-0.4, -0.2) is 29.7 Å². The molecule has 0 aromatic heterocycles. The number of amides is 1. The van der Waals surface area contributed by atoms with E-state index in [2.05, 4.69) is 13.8 Å².